The van der Waals surface area contributed by atoms with Gasteiger partial charge in [0.15, 0.2) is 5.82 Å². The minimum Gasteiger partial charge on any atom is -0.472 e. The number of carbonyl (C=O) groups is 3. The molecular weight excluding hydrogens is 532 g/mol. The molecular formula is C28H36N6O5S. The summed E-state index contributed by atoms with van der Waals surface area (Å²) in [4.78, 5) is 55.3. The summed E-state index contributed by atoms with van der Waals surface area (Å²) >= 11 is 1.46. The van der Waals surface area contributed by atoms with Crippen LogP contribution < -0.4 is 15.4 Å². The van der Waals surface area contributed by atoms with Crippen LogP contribution >= 0.6 is 11.3 Å². The van der Waals surface area contributed by atoms with Crippen LogP contribution in [0.2, 0.25) is 0 Å². The molecule has 0 unspecified atom stereocenters. The van der Waals surface area contributed by atoms with Crippen LogP contribution in [0.15, 0.2) is 35.8 Å². The van der Waals surface area contributed by atoms with Gasteiger partial charge >= 0.3 is 12.0 Å². The number of likely N-dealkylation sites (tertiary alicyclic amines) is 1. The minimum absolute atomic E-state index is 0.113. The lowest BCUT2D eigenvalue weighted by Gasteiger charge is -2.35. The van der Waals surface area contributed by atoms with E-state index in [4.69, 9.17) is 9.47 Å². The molecule has 4 heterocycles. The third-order valence-electron chi connectivity index (χ3n) is 6.36. The number of esters is 1. The molecule has 40 heavy (non-hydrogen) atoms. The zero-order valence-electron chi connectivity index (χ0n) is 23.8. The van der Waals surface area contributed by atoms with E-state index in [-0.39, 0.29) is 13.0 Å². The largest absolute Gasteiger partial charge is 0.472 e. The minimum atomic E-state index is -0.904. The molecule has 0 spiro atoms. The zero-order chi connectivity index (χ0) is 29.2. The number of nitrogens with zero attached hydrogens (tertiary/aromatic N) is 4. The average Bonchev–Trinajstić information content (AvgIpc) is 3.53. The Hall–Kier alpha value is -3.80. The van der Waals surface area contributed by atoms with E-state index in [2.05, 4.69) is 25.6 Å². The molecule has 3 aromatic rings. The van der Waals surface area contributed by atoms with E-state index in [1.54, 1.807) is 6.20 Å². The molecule has 0 bridgehead atoms. The highest BCUT2D eigenvalue weighted by atomic mass is 32.1. The van der Waals surface area contributed by atoms with Gasteiger partial charge < -0.3 is 25.0 Å². The number of urea groups is 1. The summed E-state index contributed by atoms with van der Waals surface area (Å²) in [7, 11) is 1.29. The van der Waals surface area contributed by atoms with Gasteiger partial charge in [-0.3, -0.25) is 9.78 Å². The fraction of sp³-hybridized carbons (Fsp3) is 0.500. The monoisotopic (exact) mass is 568 g/mol. The molecule has 3 amide bonds. The van der Waals surface area contributed by atoms with E-state index in [9.17, 15) is 14.4 Å². The van der Waals surface area contributed by atoms with Gasteiger partial charge in [0.2, 0.25) is 11.8 Å². The highest BCUT2D eigenvalue weighted by Gasteiger charge is 2.46. The van der Waals surface area contributed by atoms with Gasteiger partial charge in [-0.25, -0.2) is 14.6 Å². The Morgan fingerprint density at radius 1 is 1.10 bits per heavy atom. The Kier molecular flexibility index (Phi) is 8.29. The SMILES string of the molecule is COC(=O)[C@@H]1C[C@@H](Oc2nc(-c3ccccn3)nc3sccc23)CN1C(=O)[C@@H](NC(=O)NC(C)(C)C)C(C)(C)C. The molecule has 1 aliphatic rings. The van der Waals surface area contributed by atoms with Crippen LogP contribution in [-0.4, -0.2) is 75.1 Å². The van der Waals surface area contributed by atoms with Crippen molar-refractivity contribution in [3.8, 4) is 17.4 Å². The number of hydrogen-bond acceptors (Lipinski definition) is 9. The quantitative estimate of drug-likeness (QED) is 0.429. The van der Waals surface area contributed by atoms with Crippen molar-refractivity contribution in [1.82, 2.24) is 30.5 Å². The van der Waals surface area contributed by atoms with Crippen molar-refractivity contribution in [3.63, 3.8) is 0 Å². The lowest BCUT2D eigenvalue weighted by molar-refractivity contribution is -0.152. The van der Waals surface area contributed by atoms with Crippen LogP contribution in [0.4, 0.5) is 4.79 Å². The first-order valence-electron chi connectivity index (χ1n) is 13.1. The number of amides is 3. The second-order valence-corrected chi connectivity index (χ2v) is 12.8. The lowest BCUT2D eigenvalue weighted by Crippen LogP contribution is -2.60. The van der Waals surface area contributed by atoms with Crippen molar-refractivity contribution < 1.29 is 23.9 Å². The van der Waals surface area contributed by atoms with E-state index in [1.165, 1.54) is 23.3 Å². The first-order valence-corrected chi connectivity index (χ1v) is 13.9. The maximum Gasteiger partial charge on any atom is 0.328 e. The number of fused-ring (bicyclic) bond motifs is 1. The fourth-order valence-electron chi connectivity index (χ4n) is 4.49. The predicted molar refractivity (Wildman–Crippen MR) is 152 cm³/mol. The van der Waals surface area contributed by atoms with Crippen molar-refractivity contribution >= 4 is 39.5 Å². The van der Waals surface area contributed by atoms with E-state index in [1.807, 2.05) is 71.2 Å². The number of aromatic nitrogens is 3. The number of carbonyl (C=O) groups excluding carboxylic acids is 3. The van der Waals surface area contributed by atoms with Gasteiger partial charge in [-0.05, 0) is 49.8 Å². The second-order valence-electron chi connectivity index (χ2n) is 11.9. The molecule has 0 radical (unpaired) electrons. The highest BCUT2D eigenvalue weighted by molar-refractivity contribution is 7.16. The van der Waals surface area contributed by atoms with Crippen LogP contribution in [0.3, 0.4) is 0 Å². The van der Waals surface area contributed by atoms with Crippen molar-refractivity contribution in [1.29, 1.82) is 0 Å². The molecule has 3 aromatic heterocycles. The number of methoxy groups -OCH3 is 1. The Labute approximate surface area is 237 Å². The van der Waals surface area contributed by atoms with Gasteiger partial charge in [0.1, 0.15) is 28.7 Å². The smallest absolute Gasteiger partial charge is 0.328 e. The van der Waals surface area contributed by atoms with Gasteiger partial charge in [0.05, 0.1) is 19.0 Å². The summed E-state index contributed by atoms with van der Waals surface area (Å²) < 4.78 is 11.4. The molecule has 12 heteroatoms. The zero-order valence-corrected chi connectivity index (χ0v) is 24.7. The summed E-state index contributed by atoms with van der Waals surface area (Å²) in [5.41, 5.74) is -0.528. The molecule has 1 aliphatic heterocycles. The summed E-state index contributed by atoms with van der Waals surface area (Å²) in [5, 5.41) is 8.28. The maximum absolute atomic E-state index is 13.9. The van der Waals surface area contributed by atoms with Crippen molar-refractivity contribution in [2.24, 2.45) is 5.41 Å². The van der Waals surface area contributed by atoms with Crippen LogP contribution in [0.25, 0.3) is 21.7 Å². The predicted octanol–water partition coefficient (Wildman–Crippen LogP) is 3.79. The first-order chi connectivity index (χ1) is 18.8. The highest BCUT2D eigenvalue weighted by Crippen LogP contribution is 2.33. The Balaban J connectivity index is 1.61. The van der Waals surface area contributed by atoms with Gasteiger partial charge in [-0.2, -0.15) is 4.98 Å². The molecule has 2 N–H and O–H groups in total. The van der Waals surface area contributed by atoms with Gasteiger partial charge in [-0.15, -0.1) is 11.3 Å². The molecule has 0 aliphatic carbocycles. The summed E-state index contributed by atoms with van der Waals surface area (Å²) in [6.07, 6.45) is 1.32. The Bertz CT molecular complexity index is 1380. The van der Waals surface area contributed by atoms with Crippen molar-refractivity contribution in [2.45, 2.75) is 71.7 Å². The molecule has 0 saturated carbocycles. The van der Waals surface area contributed by atoms with E-state index < -0.39 is 47.0 Å². The summed E-state index contributed by atoms with van der Waals surface area (Å²) in [5.74, 6) is -0.174. The van der Waals surface area contributed by atoms with Gasteiger partial charge in [0.25, 0.3) is 0 Å². The third kappa shape index (κ3) is 6.67. The topological polar surface area (TPSA) is 136 Å². The summed E-state index contributed by atoms with van der Waals surface area (Å²) in [6, 6.07) is 5.11. The number of hydrogen-bond donors (Lipinski definition) is 2. The number of rotatable bonds is 6. The summed E-state index contributed by atoms with van der Waals surface area (Å²) in [6.45, 7) is 11.3. The molecule has 214 valence electrons. The molecule has 11 nitrogen and oxygen atoms in total. The van der Waals surface area contributed by atoms with Crippen LogP contribution in [-0.2, 0) is 14.3 Å². The Morgan fingerprint density at radius 2 is 1.85 bits per heavy atom. The Morgan fingerprint density at radius 3 is 2.48 bits per heavy atom. The first kappa shape index (κ1) is 29.2. The molecule has 3 atom stereocenters. The number of thiophene rings is 1. The second kappa shape index (κ2) is 11.4. The van der Waals surface area contributed by atoms with E-state index in [0.29, 0.717) is 17.4 Å². The fourth-order valence-corrected chi connectivity index (χ4v) is 5.25. The molecule has 4 rings (SSSR count). The molecule has 1 saturated heterocycles. The molecule has 1 fully saturated rings. The molecule has 0 aromatic carbocycles. The van der Waals surface area contributed by atoms with Crippen LogP contribution in [0.5, 0.6) is 5.88 Å². The number of pyridine rings is 1. The van der Waals surface area contributed by atoms with Crippen molar-refractivity contribution in [2.75, 3.05) is 13.7 Å². The van der Waals surface area contributed by atoms with E-state index >= 15 is 0 Å². The van der Waals surface area contributed by atoms with Crippen LogP contribution in [0.1, 0.15) is 48.0 Å². The van der Waals surface area contributed by atoms with Gasteiger partial charge in [0, 0.05) is 18.2 Å². The maximum atomic E-state index is 13.9. The standard InChI is InChI=1S/C28H36N6O5S/c1-27(2,3)20(30-26(37)33-28(4,5)6)24(35)34-15-16(14-19(34)25(36)38-7)39-22-17-11-13-40-23(17)32-21(31-22)18-10-8-9-12-29-18/h8-13,16,19-20H,14-15H2,1-7H3,(H2,30,33,37)/t16-,19+,20-/m1/s1. The lowest BCUT2D eigenvalue weighted by atomic mass is 9.85. The third-order valence-corrected chi connectivity index (χ3v) is 7.16. The average molecular weight is 569 g/mol. The van der Waals surface area contributed by atoms with Gasteiger partial charge in [-0.1, -0.05) is 26.8 Å². The number of nitrogens with one attached hydrogen (secondary N) is 2. The normalized spacial score (nSPS) is 18.3. The van der Waals surface area contributed by atoms with Crippen LogP contribution in [0, 0.1) is 5.41 Å². The van der Waals surface area contributed by atoms with E-state index in [0.717, 1.165) is 10.2 Å². The van der Waals surface area contributed by atoms with Crippen molar-refractivity contribution in [3.05, 3.63) is 35.8 Å². The number of ether oxygens (including phenoxy) is 2.